The van der Waals surface area contributed by atoms with E-state index in [2.05, 4.69) is 31.5 Å². The van der Waals surface area contributed by atoms with E-state index in [-0.39, 0.29) is 11.5 Å². The maximum atomic E-state index is 11.7. The van der Waals surface area contributed by atoms with Gasteiger partial charge in [0.2, 0.25) is 0 Å². The maximum absolute atomic E-state index is 11.7. The quantitative estimate of drug-likeness (QED) is 0.826. The van der Waals surface area contributed by atoms with E-state index < -0.39 is 5.60 Å². The van der Waals surface area contributed by atoms with Gasteiger partial charge in [-0.15, -0.1) is 0 Å². The number of aryl methyl sites for hydroxylation is 1. The fraction of sp³-hybridized carbons (Fsp3) is 0.625. The molecule has 122 valence electrons. The molecule has 2 N–H and O–H groups in total. The van der Waals surface area contributed by atoms with Crippen molar-refractivity contribution in [3.05, 3.63) is 22.4 Å². The molecular weight excluding hydrogens is 346 g/mol. The van der Waals surface area contributed by atoms with E-state index in [1.54, 1.807) is 0 Å². The molecule has 0 unspecified atom stereocenters. The predicted molar refractivity (Wildman–Crippen MR) is 91.1 cm³/mol. The lowest BCUT2D eigenvalue weighted by molar-refractivity contribution is 0.0517. The second-order valence-electron chi connectivity index (χ2n) is 7.00. The lowest BCUT2D eigenvalue weighted by Gasteiger charge is -2.22. The van der Waals surface area contributed by atoms with Gasteiger partial charge in [0.15, 0.2) is 0 Å². The number of carbonyl (C=O) groups is 1. The van der Waals surface area contributed by atoms with Gasteiger partial charge in [0.05, 0.1) is 17.6 Å². The van der Waals surface area contributed by atoms with Gasteiger partial charge in [-0.25, -0.2) is 4.79 Å². The van der Waals surface area contributed by atoms with E-state index in [0.29, 0.717) is 6.54 Å². The zero-order chi connectivity index (χ0) is 16.4. The number of aromatic nitrogens is 1. The largest absolute Gasteiger partial charge is 0.444 e. The van der Waals surface area contributed by atoms with Crippen molar-refractivity contribution in [3.8, 4) is 0 Å². The highest BCUT2D eigenvalue weighted by Crippen LogP contribution is 2.45. The van der Waals surface area contributed by atoms with Crippen LogP contribution in [-0.4, -0.2) is 29.8 Å². The summed E-state index contributed by atoms with van der Waals surface area (Å²) >= 11 is 3.48. The van der Waals surface area contributed by atoms with Crippen molar-refractivity contribution in [1.82, 2.24) is 10.3 Å². The van der Waals surface area contributed by atoms with Crippen molar-refractivity contribution in [2.45, 2.75) is 46.1 Å². The van der Waals surface area contributed by atoms with Crippen LogP contribution in [0.2, 0.25) is 0 Å². The van der Waals surface area contributed by atoms with Crippen LogP contribution >= 0.6 is 15.9 Å². The normalized spacial score (nSPS) is 16.0. The number of hydrogen-bond acceptors (Lipinski definition) is 4. The fourth-order valence-electron chi connectivity index (χ4n) is 2.06. The minimum Gasteiger partial charge on any atom is -0.444 e. The Bertz CT molecular complexity index is 551. The van der Waals surface area contributed by atoms with Crippen molar-refractivity contribution < 1.29 is 9.53 Å². The average molecular weight is 370 g/mol. The number of pyridine rings is 1. The van der Waals surface area contributed by atoms with Crippen LogP contribution < -0.4 is 10.6 Å². The first kappa shape index (κ1) is 17.1. The van der Waals surface area contributed by atoms with E-state index in [1.165, 1.54) is 0 Å². The zero-order valence-electron chi connectivity index (χ0n) is 13.6. The van der Waals surface area contributed by atoms with Crippen LogP contribution in [0.5, 0.6) is 0 Å². The van der Waals surface area contributed by atoms with Gasteiger partial charge in [-0.3, -0.25) is 4.98 Å². The average Bonchev–Trinajstić information content (AvgIpc) is 3.17. The number of rotatable bonds is 5. The summed E-state index contributed by atoms with van der Waals surface area (Å²) in [5.74, 6) is 0. The molecular formula is C16H24BrN3O2. The van der Waals surface area contributed by atoms with Crippen molar-refractivity contribution >= 4 is 27.7 Å². The number of amides is 1. The Morgan fingerprint density at radius 2 is 2.09 bits per heavy atom. The van der Waals surface area contributed by atoms with Crippen LogP contribution in [0.4, 0.5) is 10.5 Å². The van der Waals surface area contributed by atoms with Gasteiger partial charge in [0.1, 0.15) is 5.60 Å². The zero-order valence-corrected chi connectivity index (χ0v) is 15.2. The Labute approximate surface area is 140 Å². The Morgan fingerprint density at radius 1 is 1.41 bits per heavy atom. The Kier molecular flexibility index (Phi) is 5.00. The molecule has 1 aliphatic rings. The van der Waals surface area contributed by atoms with Crippen molar-refractivity contribution in [2.75, 3.05) is 18.4 Å². The van der Waals surface area contributed by atoms with Crippen LogP contribution in [0.1, 0.15) is 39.3 Å². The van der Waals surface area contributed by atoms with Crippen LogP contribution in [-0.2, 0) is 4.74 Å². The number of anilines is 1. The summed E-state index contributed by atoms with van der Waals surface area (Å²) in [7, 11) is 0. The third kappa shape index (κ3) is 5.16. The molecule has 1 aromatic rings. The van der Waals surface area contributed by atoms with Gasteiger partial charge in [0.25, 0.3) is 0 Å². The molecule has 0 atom stereocenters. The van der Waals surface area contributed by atoms with Gasteiger partial charge in [-0.05, 0) is 62.5 Å². The minimum atomic E-state index is -0.459. The number of nitrogens with one attached hydrogen (secondary N) is 2. The topological polar surface area (TPSA) is 63.2 Å². The molecule has 1 saturated carbocycles. The van der Waals surface area contributed by atoms with Crippen LogP contribution in [0.25, 0.3) is 0 Å². The van der Waals surface area contributed by atoms with Crippen molar-refractivity contribution in [2.24, 2.45) is 5.41 Å². The molecule has 1 aliphatic carbocycles. The summed E-state index contributed by atoms with van der Waals surface area (Å²) in [6.07, 6.45) is 3.70. The van der Waals surface area contributed by atoms with Gasteiger partial charge in [-0.2, -0.15) is 0 Å². The third-order valence-corrected chi connectivity index (χ3v) is 4.46. The molecule has 6 heteroatoms. The summed E-state index contributed by atoms with van der Waals surface area (Å²) in [6.45, 7) is 9.01. The number of ether oxygens (including phenoxy) is 1. The molecule has 1 heterocycles. The van der Waals surface area contributed by atoms with Gasteiger partial charge >= 0.3 is 6.09 Å². The van der Waals surface area contributed by atoms with Gasteiger partial charge in [-0.1, -0.05) is 0 Å². The van der Waals surface area contributed by atoms with E-state index in [1.807, 2.05) is 40.0 Å². The Morgan fingerprint density at radius 3 is 2.64 bits per heavy atom. The van der Waals surface area contributed by atoms with Crippen LogP contribution in [0.15, 0.2) is 16.7 Å². The highest BCUT2D eigenvalue weighted by molar-refractivity contribution is 9.10. The first-order valence-electron chi connectivity index (χ1n) is 7.52. The van der Waals surface area contributed by atoms with E-state index in [4.69, 9.17) is 4.74 Å². The minimum absolute atomic E-state index is 0.133. The molecule has 1 fully saturated rings. The molecule has 2 rings (SSSR count). The van der Waals surface area contributed by atoms with E-state index in [0.717, 1.165) is 35.2 Å². The van der Waals surface area contributed by atoms with Crippen molar-refractivity contribution in [1.29, 1.82) is 0 Å². The first-order valence-corrected chi connectivity index (χ1v) is 8.31. The predicted octanol–water partition coefficient (Wildman–Crippen LogP) is 3.87. The maximum Gasteiger partial charge on any atom is 0.407 e. The molecule has 1 aromatic heterocycles. The lowest BCUT2D eigenvalue weighted by Crippen LogP contribution is -2.37. The molecule has 0 aliphatic heterocycles. The third-order valence-electron chi connectivity index (χ3n) is 3.66. The highest BCUT2D eigenvalue weighted by atomic mass is 79.9. The number of carbonyl (C=O) groups excluding carboxylic acids is 1. The first-order chi connectivity index (χ1) is 10.2. The van der Waals surface area contributed by atoms with Crippen LogP contribution in [0.3, 0.4) is 0 Å². The second-order valence-corrected chi connectivity index (χ2v) is 7.85. The summed E-state index contributed by atoms with van der Waals surface area (Å²) < 4.78 is 6.26. The number of alkyl carbamates (subject to hydrolysis) is 1. The molecule has 5 nitrogen and oxygen atoms in total. The standard InChI is InChI=1S/C16H24BrN3O2/c1-11-13(17)7-12(8-18-11)19-9-16(5-6-16)10-20-14(21)22-15(2,3)4/h7-8,19H,5-6,9-10H2,1-4H3,(H,20,21). The highest BCUT2D eigenvalue weighted by Gasteiger charge is 2.42. The van der Waals surface area contributed by atoms with Gasteiger partial charge < -0.3 is 15.4 Å². The lowest BCUT2D eigenvalue weighted by atomic mass is 10.1. The number of nitrogens with zero attached hydrogens (tertiary/aromatic N) is 1. The van der Waals surface area contributed by atoms with E-state index in [9.17, 15) is 4.79 Å². The summed E-state index contributed by atoms with van der Waals surface area (Å²) in [6, 6.07) is 2.03. The fourth-order valence-corrected chi connectivity index (χ4v) is 2.41. The monoisotopic (exact) mass is 369 g/mol. The second kappa shape index (κ2) is 6.44. The molecule has 0 bridgehead atoms. The van der Waals surface area contributed by atoms with Gasteiger partial charge in [0, 0.05) is 23.0 Å². The number of hydrogen-bond donors (Lipinski definition) is 2. The Balaban J connectivity index is 1.80. The summed E-state index contributed by atoms with van der Waals surface area (Å²) in [5.41, 5.74) is 1.63. The Hall–Kier alpha value is -1.30. The van der Waals surface area contributed by atoms with Crippen molar-refractivity contribution in [3.63, 3.8) is 0 Å². The molecule has 0 spiro atoms. The SMILES string of the molecule is Cc1ncc(NCC2(CNC(=O)OC(C)(C)C)CC2)cc1Br. The summed E-state index contributed by atoms with van der Waals surface area (Å²) in [4.78, 5) is 16.0. The smallest absolute Gasteiger partial charge is 0.407 e. The van der Waals surface area contributed by atoms with Crippen LogP contribution in [0, 0.1) is 12.3 Å². The molecule has 0 saturated heterocycles. The number of halogens is 1. The van der Waals surface area contributed by atoms with E-state index >= 15 is 0 Å². The molecule has 22 heavy (non-hydrogen) atoms. The molecule has 1 amide bonds. The molecule has 0 aromatic carbocycles. The molecule has 0 radical (unpaired) electrons. The summed E-state index contributed by atoms with van der Waals surface area (Å²) in [5, 5.41) is 6.28.